The zero-order chi connectivity index (χ0) is 20.2. The van der Waals surface area contributed by atoms with E-state index < -0.39 is 0 Å². The van der Waals surface area contributed by atoms with Crippen LogP contribution in [-0.4, -0.2) is 27.0 Å². The van der Waals surface area contributed by atoms with E-state index in [1.54, 1.807) is 0 Å². The van der Waals surface area contributed by atoms with Crippen molar-refractivity contribution < 1.29 is 9.32 Å². The Balaban J connectivity index is 1.58. The Labute approximate surface area is 171 Å². The summed E-state index contributed by atoms with van der Waals surface area (Å²) in [5, 5.41) is 4.14. The fourth-order valence-corrected chi connectivity index (χ4v) is 3.99. The molecule has 1 fully saturated rings. The van der Waals surface area contributed by atoms with Crippen molar-refractivity contribution >= 4 is 5.91 Å². The Bertz CT molecular complexity index is 972. The largest absolute Gasteiger partial charge is 0.337 e. The Morgan fingerprint density at radius 3 is 2.52 bits per heavy atom. The molecule has 3 aromatic rings. The van der Waals surface area contributed by atoms with Crippen LogP contribution in [-0.2, 0) is 6.54 Å². The molecule has 150 valence electrons. The number of carbonyl (C=O) groups excluding carboxylic acids is 1. The van der Waals surface area contributed by atoms with Gasteiger partial charge < -0.3 is 9.42 Å². The number of rotatable bonds is 5. The van der Waals surface area contributed by atoms with E-state index in [1.807, 2.05) is 67.3 Å². The minimum absolute atomic E-state index is 0.0377. The van der Waals surface area contributed by atoms with Crippen LogP contribution in [0.25, 0.3) is 11.4 Å². The highest BCUT2D eigenvalue weighted by atomic mass is 16.5. The van der Waals surface area contributed by atoms with Gasteiger partial charge in [0.1, 0.15) is 6.54 Å². The van der Waals surface area contributed by atoms with E-state index in [0.29, 0.717) is 23.8 Å². The molecule has 2 aromatic carbocycles. The molecule has 1 saturated carbocycles. The number of benzene rings is 2. The Hall–Kier alpha value is -2.95. The molecule has 0 atom stereocenters. The van der Waals surface area contributed by atoms with Crippen molar-refractivity contribution in [1.29, 1.82) is 0 Å². The smallest absolute Gasteiger partial charge is 0.254 e. The number of hydrogen-bond acceptors (Lipinski definition) is 4. The number of amides is 1. The molecule has 0 N–H and O–H groups in total. The van der Waals surface area contributed by atoms with Crippen molar-refractivity contribution in [2.24, 2.45) is 0 Å². The van der Waals surface area contributed by atoms with E-state index in [9.17, 15) is 4.79 Å². The average Bonchev–Trinajstić information content (AvgIpc) is 3.21. The summed E-state index contributed by atoms with van der Waals surface area (Å²) in [4.78, 5) is 19.8. The van der Waals surface area contributed by atoms with Crippen molar-refractivity contribution in [3.63, 3.8) is 0 Å². The zero-order valence-corrected chi connectivity index (χ0v) is 17.1. The topological polar surface area (TPSA) is 59.2 Å². The van der Waals surface area contributed by atoms with Crippen LogP contribution in [0.1, 0.15) is 59.5 Å². The first-order chi connectivity index (χ1) is 14.1. The second-order valence-corrected chi connectivity index (χ2v) is 7.97. The molecule has 1 aliphatic carbocycles. The summed E-state index contributed by atoms with van der Waals surface area (Å²) in [6.07, 6.45) is 5.59. The molecular formula is C24H27N3O2. The fraction of sp³-hybridized carbons (Fsp3) is 0.375. The molecule has 0 radical (unpaired) electrons. The Kier molecular flexibility index (Phi) is 5.74. The third-order valence-electron chi connectivity index (χ3n) is 5.62. The molecule has 1 aliphatic rings. The first-order valence-electron chi connectivity index (χ1n) is 10.4. The summed E-state index contributed by atoms with van der Waals surface area (Å²) in [5.41, 5.74) is 3.90. The molecule has 0 aliphatic heterocycles. The summed E-state index contributed by atoms with van der Waals surface area (Å²) in [5.74, 6) is 1.08. The van der Waals surface area contributed by atoms with Crippen LogP contribution in [0.2, 0.25) is 0 Å². The van der Waals surface area contributed by atoms with Gasteiger partial charge in [-0.1, -0.05) is 71.9 Å². The predicted octanol–water partition coefficient (Wildman–Crippen LogP) is 5.33. The molecule has 0 spiro atoms. The fourth-order valence-electron chi connectivity index (χ4n) is 3.99. The summed E-state index contributed by atoms with van der Waals surface area (Å²) in [7, 11) is 0. The van der Waals surface area contributed by atoms with Crippen molar-refractivity contribution in [1.82, 2.24) is 15.0 Å². The quantitative estimate of drug-likeness (QED) is 0.592. The van der Waals surface area contributed by atoms with Crippen LogP contribution >= 0.6 is 0 Å². The maximum Gasteiger partial charge on any atom is 0.254 e. The third kappa shape index (κ3) is 4.56. The van der Waals surface area contributed by atoms with Crippen LogP contribution < -0.4 is 0 Å². The predicted molar refractivity (Wildman–Crippen MR) is 112 cm³/mol. The minimum Gasteiger partial charge on any atom is -0.337 e. The van der Waals surface area contributed by atoms with Gasteiger partial charge in [-0.25, -0.2) is 0 Å². The lowest BCUT2D eigenvalue weighted by atomic mass is 9.93. The number of aryl methyl sites for hydroxylation is 2. The van der Waals surface area contributed by atoms with Crippen molar-refractivity contribution in [3.05, 3.63) is 71.1 Å². The standard InChI is InChI=1S/C24H27N3O2/c1-17-11-13-19(14-12-17)23-25-22(29-26-23)16-27(21-9-4-3-5-10-21)24(28)20-8-6-7-18(2)15-20/h6-8,11-15,21H,3-5,9-10,16H2,1-2H3. The monoisotopic (exact) mass is 389 g/mol. The molecule has 0 unspecified atom stereocenters. The summed E-state index contributed by atoms with van der Waals surface area (Å²) in [6, 6.07) is 16.0. The summed E-state index contributed by atoms with van der Waals surface area (Å²) < 4.78 is 5.53. The molecule has 4 rings (SSSR count). The second kappa shape index (κ2) is 8.60. The third-order valence-corrected chi connectivity index (χ3v) is 5.62. The van der Waals surface area contributed by atoms with E-state index in [0.717, 1.165) is 36.8 Å². The lowest BCUT2D eigenvalue weighted by Crippen LogP contribution is -2.41. The summed E-state index contributed by atoms with van der Waals surface area (Å²) >= 11 is 0. The van der Waals surface area contributed by atoms with Gasteiger partial charge in [0.2, 0.25) is 11.7 Å². The normalized spacial score (nSPS) is 14.7. The van der Waals surface area contributed by atoms with Gasteiger partial charge in [-0.3, -0.25) is 4.79 Å². The maximum absolute atomic E-state index is 13.4. The van der Waals surface area contributed by atoms with E-state index in [1.165, 1.54) is 12.0 Å². The van der Waals surface area contributed by atoms with Gasteiger partial charge in [-0.2, -0.15) is 4.98 Å². The lowest BCUT2D eigenvalue weighted by molar-refractivity contribution is 0.0586. The molecule has 5 nitrogen and oxygen atoms in total. The molecule has 0 saturated heterocycles. The Morgan fingerprint density at radius 2 is 1.79 bits per heavy atom. The van der Waals surface area contributed by atoms with Crippen LogP contribution in [0.3, 0.4) is 0 Å². The molecule has 1 aromatic heterocycles. The minimum atomic E-state index is 0.0377. The van der Waals surface area contributed by atoms with E-state index in [-0.39, 0.29) is 11.9 Å². The lowest BCUT2D eigenvalue weighted by Gasteiger charge is -2.33. The highest BCUT2D eigenvalue weighted by Crippen LogP contribution is 2.26. The van der Waals surface area contributed by atoms with E-state index in [2.05, 4.69) is 10.1 Å². The maximum atomic E-state index is 13.4. The van der Waals surface area contributed by atoms with Gasteiger partial charge in [0.05, 0.1) is 0 Å². The molecule has 1 amide bonds. The van der Waals surface area contributed by atoms with Gasteiger partial charge in [-0.15, -0.1) is 0 Å². The van der Waals surface area contributed by atoms with Crippen molar-refractivity contribution in [2.45, 2.75) is 58.5 Å². The SMILES string of the molecule is Cc1ccc(-c2noc(CN(C(=O)c3cccc(C)c3)C3CCCCC3)n2)cc1. The van der Waals surface area contributed by atoms with Crippen LogP contribution in [0.15, 0.2) is 53.1 Å². The van der Waals surface area contributed by atoms with E-state index in [4.69, 9.17) is 4.52 Å². The van der Waals surface area contributed by atoms with Gasteiger partial charge in [-0.05, 0) is 38.8 Å². The second-order valence-electron chi connectivity index (χ2n) is 7.97. The number of nitrogens with zero attached hydrogens (tertiary/aromatic N) is 3. The highest BCUT2D eigenvalue weighted by molar-refractivity contribution is 5.94. The number of hydrogen-bond donors (Lipinski definition) is 0. The van der Waals surface area contributed by atoms with Gasteiger partial charge >= 0.3 is 0 Å². The number of aromatic nitrogens is 2. The van der Waals surface area contributed by atoms with Crippen LogP contribution in [0, 0.1) is 13.8 Å². The van der Waals surface area contributed by atoms with Crippen molar-refractivity contribution in [3.8, 4) is 11.4 Å². The Morgan fingerprint density at radius 1 is 1.03 bits per heavy atom. The van der Waals surface area contributed by atoms with Gasteiger partial charge in [0.25, 0.3) is 5.91 Å². The molecular weight excluding hydrogens is 362 g/mol. The van der Waals surface area contributed by atoms with Crippen molar-refractivity contribution in [2.75, 3.05) is 0 Å². The number of carbonyl (C=O) groups is 1. The summed E-state index contributed by atoms with van der Waals surface area (Å²) in [6.45, 7) is 4.40. The first-order valence-corrected chi connectivity index (χ1v) is 10.4. The average molecular weight is 389 g/mol. The van der Waals surface area contributed by atoms with Gasteiger partial charge in [0, 0.05) is 17.2 Å². The van der Waals surface area contributed by atoms with Gasteiger partial charge in [0.15, 0.2) is 0 Å². The molecule has 5 heteroatoms. The zero-order valence-electron chi connectivity index (χ0n) is 17.1. The molecule has 0 bridgehead atoms. The van der Waals surface area contributed by atoms with Crippen LogP contribution in [0.4, 0.5) is 0 Å². The van der Waals surface area contributed by atoms with Crippen LogP contribution in [0.5, 0.6) is 0 Å². The molecule has 29 heavy (non-hydrogen) atoms. The van der Waals surface area contributed by atoms with E-state index >= 15 is 0 Å². The molecule has 1 heterocycles. The first kappa shape index (κ1) is 19.4. The highest BCUT2D eigenvalue weighted by Gasteiger charge is 2.28.